The normalized spacial score (nSPS) is 11.0. The number of halogens is 1. The van der Waals surface area contributed by atoms with E-state index < -0.39 is 0 Å². The molecule has 0 spiro atoms. The zero-order valence-electron chi connectivity index (χ0n) is 14.4. The van der Waals surface area contributed by atoms with Gasteiger partial charge in [0.25, 0.3) is 5.91 Å². The topological polar surface area (TPSA) is 42.0 Å². The highest BCUT2D eigenvalue weighted by atomic mass is 19.1. The van der Waals surface area contributed by atoms with E-state index in [4.69, 9.17) is 0 Å². The van der Waals surface area contributed by atoms with Crippen LogP contribution in [0.4, 0.5) is 4.39 Å². The first-order valence-corrected chi connectivity index (χ1v) is 8.48. The maximum absolute atomic E-state index is 13.7. The van der Waals surface area contributed by atoms with E-state index in [0.29, 0.717) is 34.6 Å². The van der Waals surface area contributed by atoms with Crippen molar-refractivity contribution in [3.05, 3.63) is 66.0 Å². The van der Waals surface area contributed by atoms with Gasteiger partial charge in [-0.15, -0.1) is 0 Å². The third kappa shape index (κ3) is 4.02. The molecule has 3 aromatic rings. The van der Waals surface area contributed by atoms with Crippen LogP contribution in [0.15, 0.2) is 54.6 Å². The van der Waals surface area contributed by atoms with E-state index in [1.807, 2.05) is 30.3 Å². The molecule has 0 saturated carbocycles. The van der Waals surface area contributed by atoms with E-state index in [-0.39, 0.29) is 11.7 Å². The van der Waals surface area contributed by atoms with Gasteiger partial charge in [0.1, 0.15) is 5.82 Å². The maximum Gasteiger partial charge on any atom is 0.252 e. The molecule has 0 radical (unpaired) electrons. The molecular weight excluding hydrogens is 315 g/mol. The van der Waals surface area contributed by atoms with Crippen LogP contribution in [0.25, 0.3) is 22.2 Å². The van der Waals surface area contributed by atoms with Crippen LogP contribution >= 0.6 is 0 Å². The molecule has 1 heterocycles. The molecule has 1 aromatic heterocycles. The summed E-state index contributed by atoms with van der Waals surface area (Å²) in [6.45, 7) is 4.81. The van der Waals surface area contributed by atoms with Crippen LogP contribution in [0.2, 0.25) is 0 Å². The Morgan fingerprint density at radius 3 is 2.60 bits per heavy atom. The molecule has 0 saturated heterocycles. The number of nitrogens with zero attached hydrogens (tertiary/aromatic N) is 1. The highest BCUT2D eigenvalue weighted by Crippen LogP contribution is 2.25. The number of carbonyl (C=O) groups is 1. The van der Waals surface area contributed by atoms with Crippen molar-refractivity contribution >= 4 is 16.8 Å². The minimum atomic E-state index is -0.377. The number of benzene rings is 2. The zero-order valence-corrected chi connectivity index (χ0v) is 14.4. The second-order valence-corrected chi connectivity index (χ2v) is 6.52. The van der Waals surface area contributed by atoms with Crippen LogP contribution in [-0.4, -0.2) is 17.4 Å². The van der Waals surface area contributed by atoms with Crippen molar-refractivity contribution in [2.24, 2.45) is 5.92 Å². The second-order valence-electron chi connectivity index (χ2n) is 6.52. The molecule has 0 fully saturated rings. The number of amides is 1. The molecule has 0 bridgehead atoms. The molecule has 0 unspecified atom stereocenters. The fourth-order valence-corrected chi connectivity index (χ4v) is 2.71. The Hall–Kier alpha value is -2.75. The molecule has 0 aliphatic rings. The zero-order chi connectivity index (χ0) is 17.8. The molecule has 0 aliphatic carbocycles. The Bertz CT molecular complexity index is 891. The molecule has 128 valence electrons. The van der Waals surface area contributed by atoms with Crippen LogP contribution < -0.4 is 5.32 Å². The highest BCUT2D eigenvalue weighted by Gasteiger charge is 2.14. The van der Waals surface area contributed by atoms with Gasteiger partial charge in [-0.05, 0) is 36.6 Å². The predicted molar refractivity (Wildman–Crippen MR) is 98.9 cm³/mol. The lowest BCUT2D eigenvalue weighted by Gasteiger charge is -2.11. The summed E-state index contributed by atoms with van der Waals surface area (Å²) in [6, 6.07) is 15.8. The molecule has 25 heavy (non-hydrogen) atoms. The van der Waals surface area contributed by atoms with Crippen molar-refractivity contribution in [2.75, 3.05) is 6.54 Å². The smallest absolute Gasteiger partial charge is 0.252 e. The van der Waals surface area contributed by atoms with Gasteiger partial charge in [-0.1, -0.05) is 44.2 Å². The molecule has 1 amide bonds. The number of hydrogen-bond donors (Lipinski definition) is 1. The molecular formula is C21H21FN2O. The van der Waals surface area contributed by atoms with Gasteiger partial charge in [0.05, 0.1) is 16.8 Å². The molecule has 3 nitrogen and oxygen atoms in total. The van der Waals surface area contributed by atoms with Gasteiger partial charge in [-0.2, -0.15) is 0 Å². The summed E-state index contributed by atoms with van der Waals surface area (Å²) >= 11 is 0. The van der Waals surface area contributed by atoms with E-state index in [0.717, 1.165) is 12.0 Å². The third-order valence-electron chi connectivity index (χ3n) is 4.09. The van der Waals surface area contributed by atoms with E-state index >= 15 is 0 Å². The third-order valence-corrected chi connectivity index (χ3v) is 4.09. The van der Waals surface area contributed by atoms with E-state index in [9.17, 15) is 9.18 Å². The van der Waals surface area contributed by atoms with Crippen LogP contribution in [-0.2, 0) is 0 Å². The number of pyridine rings is 1. The van der Waals surface area contributed by atoms with Crippen LogP contribution in [0.1, 0.15) is 30.6 Å². The largest absolute Gasteiger partial charge is 0.352 e. The average molecular weight is 336 g/mol. The monoisotopic (exact) mass is 336 g/mol. The van der Waals surface area contributed by atoms with E-state index in [2.05, 4.69) is 24.1 Å². The molecule has 2 aromatic carbocycles. The van der Waals surface area contributed by atoms with Gasteiger partial charge in [-0.25, -0.2) is 9.37 Å². The minimum Gasteiger partial charge on any atom is -0.352 e. The minimum absolute atomic E-state index is 0.198. The van der Waals surface area contributed by atoms with Crippen molar-refractivity contribution in [2.45, 2.75) is 20.3 Å². The molecule has 4 heteroatoms. The van der Waals surface area contributed by atoms with Crippen molar-refractivity contribution in [3.8, 4) is 11.3 Å². The summed E-state index contributed by atoms with van der Waals surface area (Å²) in [7, 11) is 0. The van der Waals surface area contributed by atoms with Crippen LogP contribution in [0.5, 0.6) is 0 Å². The van der Waals surface area contributed by atoms with E-state index in [1.54, 1.807) is 12.1 Å². The quantitative estimate of drug-likeness (QED) is 0.726. The van der Waals surface area contributed by atoms with Gasteiger partial charge < -0.3 is 5.32 Å². The SMILES string of the molecule is CC(C)CCNC(=O)c1cc(-c2ccccc2)nc2ccc(F)cc12. The fourth-order valence-electron chi connectivity index (χ4n) is 2.71. The highest BCUT2D eigenvalue weighted by molar-refractivity contribution is 6.07. The Kier molecular flexibility index (Phi) is 5.08. The molecule has 0 atom stereocenters. The number of nitrogens with one attached hydrogen (secondary N) is 1. The average Bonchev–Trinajstić information content (AvgIpc) is 2.61. The Morgan fingerprint density at radius 1 is 1.12 bits per heavy atom. The van der Waals surface area contributed by atoms with Crippen molar-refractivity contribution in [3.63, 3.8) is 0 Å². The van der Waals surface area contributed by atoms with Gasteiger partial charge >= 0.3 is 0 Å². The number of hydrogen-bond acceptors (Lipinski definition) is 2. The van der Waals surface area contributed by atoms with Crippen LogP contribution in [0.3, 0.4) is 0 Å². The summed E-state index contributed by atoms with van der Waals surface area (Å²) in [5, 5.41) is 3.46. The van der Waals surface area contributed by atoms with Gasteiger partial charge in [-0.3, -0.25) is 4.79 Å². The van der Waals surface area contributed by atoms with Crippen molar-refractivity contribution < 1.29 is 9.18 Å². The number of rotatable bonds is 5. The van der Waals surface area contributed by atoms with Gasteiger partial charge in [0.15, 0.2) is 0 Å². The van der Waals surface area contributed by atoms with Crippen LogP contribution in [0, 0.1) is 11.7 Å². The number of carbonyl (C=O) groups excluding carboxylic acids is 1. The summed E-state index contributed by atoms with van der Waals surface area (Å²) in [6.07, 6.45) is 0.897. The number of aromatic nitrogens is 1. The predicted octanol–water partition coefficient (Wildman–Crippen LogP) is 4.82. The summed E-state index contributed by atoms with van der Waals surface area (Å²) in [4.78, 5) is 17.3. The lowest BCUT2D eigenvalue weighted by Crippen LogP contribution is -2.25. The maximum atomic E-state index is 13.7. The number of fused-ring (bicyclic) bond motifs is 1. The lowest BCUT2D eigenvalue weighted by atomic mass is 10.0. The summed E-state index contributed by atoms with van der Waals surface area (Å²) in [5.41, 5.74) is 2.68. The lowest BCUT2D eigenvalue weighted by molar-refractivity contribution is 0.0953. The van der Waals surface area contributed by atoms with Gasteiger partial charge in [0.2, 0.25) is 0 Å². The first-order chi connectivity index (χ1) is 12.0. The summed E-state index contributed by atoms with van der Waals surface area (Å²) in [5.74, 6) is -0.0689. The Morgan fingerprint density at radius 2 is 1.88 bits per heavy atom. The molecule has 3 rings (SSSR count). The second kappa shape index (κ2) is 7.43. The summed E-state index contributed by atoms with van der Waals surface area (Å²) < 4.78 is 13.7. The first-order valence-electron chi connectivity index (χ1n) is 8.48. The van der Waals surface area contributed by atoms with E-state index in [1.165, 1.54) is 12.1 Å². The fraction of sp³-hybridized carbons (Fsp3) is 0.238. The molecule has 1 N–H and O–H groups in total. The van der Waals surface area contributed by atoms with Gasteiger partial charge in [0, 0.05) is 17.5 Å². The first kappa shape index (κ1) is 17.1. The van der Waals surface area contributed by atoms with Crippen molar-refractivity contribution in [1.82, 2.24) is 10.3 Å². The van der Waals surface area contributed by atoms with Crippen molar-refractivity contribution in [1.29, 1.82) is 0 Å². The standard InChI is InChI=1S/C21H21FN2O/c1-14(2)10-11-23-21(25)18-13-20(15-6-4-3-5-7-15)24-19-9-8-16(22)12-17(18)19/h3-9,12-14H,10-11H2,1-2H3,(H,23,25). The molecule has 0 aliphatic heterocycles. The Balaban J connectivity index is 2.04. The Labute approximate surface area is 146 Å².